The highest BCUT2D eigenvalue weighted by Gasteiger charge is 2.60. The maximum Gasteiger partial charge on any atom is 0.434 e. The van der Waals surface area contributed by atoms with Crippen LogP contribution in [0.1, 0.15) is 36.8 Å². The second-order valence-corrected chi connectivity index (χ2v) is 13.1. The smallest absolute Gasteiger partial charge is 0.426 e. The molecule has 1 aromatic carbocycles. The van der Waals surface area contributed by atoms with Gasteiger partial charge in [-0.3, -0.25) is 4.90 Å². The SMILES string of the molecule is CS(=O)(=O)C1CN(c2cc(C(F)(F)F)ccc2CN2CCCC23CCN(C(=O)OC(C(F)(F)F)C(F)(F)F)CC3)C1. The summed E-state index contributed by atoms with van der Waals surface area (Å²) in [5.74, 6) is 0. The predicted molar refractivity (Wildman–Crippen MR) is 128 cm³/mol. The maximum atomic E-state index is 13.5. The van der Waals surface area contributed by atoms with E-state index in [-0.39, 0.29) is 51.3 Å². The largest absolute Gasteiger partial charge is 0.434 e. The molecule has 0 radical (unpaired) electrons. The minimum absolute atomic E-state index is 0.0339. The summed E-state index contributed by atoms with van der Waals surface area (Å²) in [4.78, 5) is 16.6. The van der Waals surface area contributed by atoms with Crippen molar-refractivity contribution in [1.29, 1.82) is 0 Å². The average Bonchev–Trinajstić information content (AvgIpc) is 3.16. The zero-order valence-corrected chi connectivity index (χ0v) is 22.6. The lowest BCUT2D eigenvalue weighted by atomic mass is 9.84. The van der Waals surface area contributed by atoms with Crippen LogP contribution in [0, 0.1) is 0 Å². The number of carbonyl (C=O) groups excluding carboxylic acids is 1. The van der Waals surface area contributed by atoms with Crippen molar-refractivity contribution in [3.05, 3.63) is 29.3 Å². The van der Waals surface area contributed by atoms with E-state index in [1.54, 1.807) is 4.90 Å². The highest BCUT2D eigenvalue weighted by Crippen LogP contribution is 2.43. The molecule has 7 nitrogen and oxygen atoms in total. The number of ether oxygens (including phenoxy) is 1. The monoisotopic (exact) mass is 625 g/mol. The van der Waals surface area contributed by atoms with Crippen molar-refractivity contribution in [3.63, 3.8) is 0 Å². The number of piperidine rings is 1. The van der Waals surface area contributed by atoms with Gasteiger partial charge in [0, 0.05) is 50.2 Å². The summed E-state index contributed by atoms with van der Waals surface area (Å²) in [5, 5.41) is -0.707. The molecule has 3 heterocycles. The lowest BCUT2D eigenvalue weighted by Gasteiger charge is -2.46. The van der Waals surface area contributed by atoms with Crippen molar-refractivity contribution < 1.29 is 57.5 Å². The minimum atomic E-state index is -5.83. The topological polar surface area (TPSA) is 70.2 Å². The molecule has 0 bridgehead atoms. The summed E-state index contributed by atoms with van der Waals surface area (Å²) in [6.07, 6.45) is -19.5. The van der Waals surface area contributed by atoms with Crippen molar-refractivity contribution in [2.45, 2.75) is 67.6 Å². The molecule has 0 unspecified atom stereocenters. The summed E-state index contributed by atoms with van der Waals surface area (Å²) < 4.78 is 145. The Morgan fingerprint density at radius 2 is 1.56 bits per heavy atom. The van der Waals surface area contributed by atoms with Gasteiger partial charge in [-0.05, 0) is 49.9 Å². The lowest BCUT2D eigenvalue weighted by molar-refractivity contribution is -0.308. The zero-order chi connectivity index (χ0) is 30.6. The Morgan fingerprint density at radius 1 is 0.976 bits per heavy atom. The van der Waals surface area contributed by atoms with Gasteiger partial charge in [-0.2, -0.15) is 39.5 Å². The second-order valence-electron chi connectivity index (χ2n) is 10.8. The van der Waals surface area contributed by atoms with Crippen molar-refractivity contribution in [2.75, 3.05) is 43.9 Å². The summed E-state index contributed by atoms with van der Waals surface area (Å²) in [6.45, 7) is 0.446. The number of likely N-dealkylation sites (tertiary alicyclic amines) is 2. The first-order valence-electron chi connectivity index (χ1n) is 12.7. The molecule has 3 saturated heterocycles. The first-order chi connectivity index (χ1) is 18.7. The van der Waals surface area contributed by atoms with Gasteiger partial charge in [0.15, 0.2) is 9.84 Å². The van der Waals surface area contributed by atoms with E-state index in [4.69, 9.17) is 0 Å². The molecule has 0 N–H and O–H groups in total. The number of anilines is 1. The van der Waals surface area contributed by atoms with E-state index in [2.05, 4.69) is 4.74 Å². The quantitative estimate of drug-likeness (QED) is 0.430. The van der Waals surface area contributed by atoms with Gasteiger partial charge in [0.1, 0.15) is 0 Å². The van der Waals surface area contributed by atoms with Crippen LogP contribution in [0.2, 0.25) is 0 Å². The number of amides is 1. The fourth-order valence-electron chi connectivity index (χ4n) is 5.69. The van der Waals surface area contributed by atoms with Crippen LogP contribution >= 0.6 is 0 Å². The Bertz CT molecular complexity index is 1220. The number of nitrogens with zero attached hydrogens (tertiary/aromatic N) is 3. The van der Waals surface area contributed by atoms with E-state index in [0.29, 0.717) is 24.9 Å². The molecule has 1 aromatic rings. The highest BCUT2D eigenvalue weighted by molar-refractivity contribution is 7.91. The lowest BCUT2D eigenvalue weighted by Crippen LogP contribution is -2.56. The Hall–Kier alpha value is -2.43. The third-order valence-electron chi connectivity index (χ3n) is 8.07. The van der Waals surface area contributed by atoms with Crippen molar-refractivity contribution in [2.24, 2.45) is 0 Å². The molecule has 232 valence electrons. The summed E-state index contributed by atoms with van der Waals surface area (Å²) in [5.41, 5.74) is -0.702. The molecule has 1 spiro atoms. The Labute approximate surface area is 230 Å². The molecule has 0 aliphatic carbocycles. The van der Waals surface area contributed by atoms with Gasteiger partial charge < -0.3 is 14.5 Å². The fraction of sp³-hybridized carbons (Fsp3) is 0.708. The number of sulfone groups is 1. The van der Waals surface area contributed by atoms with E-state index >= 15 is 0 Å². The molecule has 0 saturated carbocycles. The molecular formula is C24H28F9N3O4S. The summed E-state index contributed by atoms with van der Waals surface area (Å²) in [7, 11) is -3.38. The van der Waals surface area contributed by atoms with Crippen LogP contribution in [0.25, 0.3) is 0 Å². The molecule has 1 amide bonds. The van der Waals surface area contributed by atoms with E-state index in [9.17, 15) is 52.7 Å². The van der Waals surface area contributed by atoms with Gasteiger partial charge in [0.25, 0.3) is 6.10 Å². The van der Waals surface area contributed by atoms with E-state index in [0.717, 1.165) is 23.3 Å². The second kappa shape index (κ2) is 10.7. The van der Waals surface area contributed by atoms with Gasteiger partial charge >= 0.3 is 24.6 Å². The van der Waals surface area contributed by atoms with Crippen LogP contribution in [0.15, 0.2) is 18.2 Å². The van der Waals surface area contributed by atoms with Crippen molar-refractivity contribution in [3.8, 4) is 0 Å². The van der Waals surface area contributed by atoms with Gasteiger partial charge in [-0.15, -0.1) is 0 Å². The normalized spacial score (nSPS) is 21.0. The Balaban J connectivity index is 1.48. The number of hydrogen-bond acceptors (Lipinski definition) is 6. The minimum Gasteiger partial charge on any atom is -0.426 e. The van der Waals surface area contributed by atoms with E-state index in [1.165, 1.54) is 6.07 Å². The van der Waals surface area contributed by atoms with Crippen LogP contribution in [0.3, 0.4) is 0 Å². The van der Waals surface area contributed by atoms with Crippen molar-refractivity contribution in [1.82, 2.24) is 9.80 Å². The number of alkyl halides is 9. The molecule has 3 fully saturated rings. The third kappa shape index (κ3) is 6.81. The average molecular weight is 626 g/mol. The number of rotatable bonds is 5. The third-order valence-corrected chi connectivity index (χ3v) is 9.58. The molecule has 3 aliphatic rings. The van der Waals surface area contributed by atoms with Gasteiger partial charge in [0.2, 0.25) is 0 Å². The number of halogens is 9. The van der Waals surface area contributed by atoms with Gasteiger partial charge in [-0.1, -0.05) is 6.07 Å². The van der Waals surface area contributed by atoms with Gasteiger partial charge in [-0.25, -0.2) is 13.2 Å². The van der Waals surface area contributed by atoms with Crippen LogP contribution in [0.5, 0.6) is 0 Å². The summed E-state index contributed by atoms with van der Waals surface area (Å²) in [6, 6.07) is 3.25. The van der Waals surface area contributed by atoms with E-state index in [1.807, 2.05) is 4.90 Å². The molecule has 4 rings (SSSR count). The predicted octanol–water partition coefficient (Wildman–Crippen LogP) is 5.00. The fourth-order valence-corrected chi connectivity index (χ4v) is 6.59. The van der Waals surface area contributed by atoms with Crippen LogP contribution in [-0.2, 0) is 27.3 Å². The van der Waals surface area contributed by atoms with E-state index < -0.39 is 56.9 Å². The first kappa shape index (κ1) is 31.5. The van der Waals surface area contributed by atoms with Crippen LogP contribution < -0.4 is 4.90 Å². The standard InChI is InChI=1S/C24H28F9N3O4S/c1-41(38,39)17-13-35(14-17)18-11-16(22(25,26)27)4-3-15(18)12-36-8-2-5-21(36)6-9-34(10-7-21)20(37)40-19(23(28,29)30)24(31,32)33/h3-4,11,17,19H,2,5-10,12-14H2,1H3. The molecule has 0 atom stereocenters. The maximum absolute atomic E-state index is 13.5. The van der Waals surface area contributed by atoms with Crippen LogP contribution in [0.4, 0.5) is 50.0 Å². The van der Waals surface area contributed by atoms with Crippen molar-refractivity contribution >= 4 is 21.6 Å². The molecule has 41 heavy (non-hydrogen) atoms. The molecular weight excluding hydrogens is 597 g/mol. The zero-order valence-electron chi connectivity index (χ0n) is 21.7. The number of hydrogen-bond donors (Lipinski definition) is 0. The molecule has 0 aromatic heterocycles. The first-order valence-corrected chi connectivity index (χ1v) is 14.6. The highest BCUT2D eigenvalue weighted by atomic mass is 32.2. The number of carbonyl (C=O) groups is 1. The molecule has 17 heteroatoms. The Morgan fingerprint density at radius 3 is 2.07 bits per heavy atom. The molecule has 3 aliphatic heterocycles. The summed E-state index contributed by atoms with van der Waals surface area (Å²) >= 11 is 0. The van der Waals surface area contributed by atoms with Crippen LogP contribution in [-0.4, -0.2) is 92.5 Å². The number of benzene rings is 1. The van der Waals surface area contributed by atoms with Gasteiger partial charge in [0.05, 0.1) is 10.8 Å². The Kier molecular flexibility index (Phi) is 8.21.